The van der Waals surface area contributed by atoms with Gasteiger partial charge >= 0.3 is 0 Å². The lowest BCUT2D eigenvalue weighted by atomic mass is 9.80. The Balaban J connectivity index is 1.89. The van der Waals surface area contributed by atoms with Crippen molar-refractivity contribution in [2.45, 2.75) is 25.4 Å². The summed E-state index contributed by atoms with van der Waals surface area (Å²) in [7, 11) is 0. The van der Waals surface area contributed by atoms with E-state index in [2.05, 4.69) is 24.4 Å². The Bertz CT molecular complexity index is 663. The molecule has 0 aliphatic carbocycles. The molecule has 1 aromatic carbocycles. The van der Waals surface area contributed by atoms with Crippen LogP contribution < -0.4 is 5.32 Å². The highest BCUT2D eigenvalue weighted by atomic mass is 16.5. The molecule has 4 nitrogen and oxygen atoms in total. The molecule has 2 aliphatic heterocycles. The second-order valence-corrected chi connectivity index (χ2v) is 6.03. The fourth-order valence-corrected chi connectivity index (χ4v) is 3.41. The molecule has 4 rings (SSSR count). The van der Waals surface area contributed by atoms with Crippen molar-refractivity contribution in [3.63, 3.8) is 0 Å². The molecule has 0 unspecified atom stereocenters. The summed E-state index contributed by atoms with van der Waals surface area (Å²) in [6, 6.07) is 10.2. The number of aryl methyl sites for hydroxylation is 1. The van der Waals surface area contributed by atoms with Crippen LogP contribution in [-0.2, 0) is 16.8 Å². The number of nitrogens with one attached hydrogen (secondary N) is 1. The number of hydrogen-bond donors (Lipinski definition) is 1. The number of nitrogens with zero attached hydrogens (tertiary/aromatic N) is 2. The molecule has 2 aromatic rings. The van der Waals surface area contributed by atoms with Crippen molar-refractivity contribution < 1.29 is 4.74 Å². The zero-order valence-corrected chi connectivity index (χ0v) is 12.2. The first-order valence-electron chi connectivity index (χ1n) is 7.50. The number of benzene rings is 1. The highest BCUT2D eigenvalue weighted by Crippen LogP contribution is 2.37. The summed E-state index contributed by atoms with van der Waals surface area (Å²) < 4.78 is 5.84. The van der Waals surface area contributed by atoms with Crippen LogP contribution in [-0.4, -0.2) is 29.7 Å². The fourth-order valence-electron chi connectivity index (χ4n) is 3.41. The van der Waals surface area contributed by atoms with Gasteiger partial charge in [0.05, 0.1) is 24.3 Å². The molecule has 4 heteroatoms. The summed E-state index contributed by atoms with van der Waals surface area (Å²) in [5, 5.41) is 3.46. The molecule has 1 atom stereocenters. The minimum absolute atomic E-state index is 0.0326. The maximum Gasteiger partial charge on any atom is 0.159 e. The monoisotopic (exact) mass is 281 g/mol. The van der Waals surface area contributed by atoms with Crippen LogP contribution in [0.25, 0.3) is 11.4 Å². The molecule has 2 aliphatic rings. The smallest absolute Gasteiger partial charge is 0.159 e. The minimum atomic E-state index is 0.0326. The zero-order valence-electron chi connectivity index (χ0n) is 12.2. The molecule has 108 valence electrons. The average molecular weight is 281 g/mol. The van der Waals surface area contributed by atoms with Gasteiger partial charge in [0.1, 0.15) is 0 Å². The first-order chi connectivity index (χ1) is 10.3. The molecule has 1 saturated heterocycles. The summed E-state index contributed by atoms with van der Waals surface area (Å²) >= 11 is 0. The Labute approximate surface area is 124 Å². The predicted molar refractivity (Wildman–Crippen MR) is 81.0 cm³/mol. The molecule has 0 bridgehead atoms. The molecule has 1 fully saturated rings. The van der Waals surface area contributed by atoms with Crippen molar-refractivity contribution >= 4 is 0 Å². The average Bonchev–Trinajstić information content (AvgIpc) is 2.98. The second-order valence-electron chi connectivity index (χ2n) is 6.03. The molecule has 0 amide bonds. The van der Waals surface area contributed by atoms with Crippen LogP contribution in [0.1, 0.15) is 23.4 Å². The normalized spacial score (nSPS) is 24.2. The van der Waals surface area contributed by atoms with Gasteiger partial charge in [0.25, 0.3) is 0 Å². The SMILES string of the molecule is Cc1nc(-c2ccccc2)nc2c1COC[C@@]21CCNC1. The lowest BCUT2D eigenvalue weighted by Crippen LogP contribution is -2.40. The van der Waals surface area contributed by atoms with E-state index in [0.29, 0.717) is 6.61 Å². The third kappa shape index (κ3) is 2.06. The second kappa shape index (κ2) is 4.90. The summed E-state index contributed by atoms with van der Waals surface area (Å²) in [6.45, 7) is 5.45. The van der Waals surface area contributed by atoms with Gasteiger partial charge in [0.15, 0.2) is 5.82 Å². The van der Waals surface area contributed by atoms with Crippen LogP contribution in [0.3, 0.4) is 0 Å². The number of aromatic nitrogens is 2. The standard InChI is InChI=1S/C17H19N3O/c1-12-14-9-21-11-17(7-8-18-10-17)15(14)20-16(19-12)13-5-3-2-4-6-13/h2-6,18H,7-11H2,1H3/t17-/m0/s1. The fraction of sp³-hybridized carbons (Fsp3) is 0.412. The maximum atomic E-state index is 5.84. The van der Waals surface area contributed by atoms with Gasteiger partial charge < -0.3 is 10.1 Å². The van der Waals surface area contributed by atoms with Gasteiger partial charge in [-0.05, 0) is 19.9 Å². The molecule has 0 saturated carbocycles. The Morgan fingerprint density at radius 3 is 2.81 bits per heavy atom. The van der Waals surface area contributed by atoms with E-state index >= 15 is 0 Å². The van der Waals surface area contributed by atoms with Crippen LogP contribution in [0.5, 0.6) is 0 Å². The van der Waals surface area contributed by atoms with E-state index < -0.39 is 0 Å². The van der Waals surface area contributed by atoms with E-state index in [1.165, 1.54) is 11.3 Å². The van der Waals surface area contributed by atoms with Gasteiger partial charge in [0, 0.05) is 23.4 Å². The molecule has 1 aromatic heterocycles. The van der Waals surface area contributed by atoms with Crippen LogP contribution in [0.15, 0.2) is 30.3 Å². The Morgan fingerprint density at radius 1 is 1.19 bits per heavy atom. The molecular weight excluding hydrogens is 262 g/mol. The minimum Gasteiger partial charge on any atom is -0.376 e. The maximum absolute atomic E-state index is 5.84. The van der Waals surface area contributed by atoms with E-state index in [1.54, 1.807) is 0 Å². The van der Waals surface area contributed by atoms with E-state index in [9.17, 15) is 0 Å². The number of ether oxygens (including phenoxy) is 1. The molecule has 1 spiro atoms. The van der Waals surface area contributed by atoms with Crippen molar-refractivity contribution in [2.24, 2.45) is 0 Å². The predicted octanol–water partition coefficient (Wildman–Crippen LogP) is 2.21. The number of hydrogen-bond acceptors (Lipinski definition) is 4. The molecular formula is C17H19N3O. The van der Waals surface area contributed by atoms with Crippen molar-refractivity contribution in [3.05, 3.63) is 47.3 Å². The van der Waals surface area contributed by atoms with Gasteiger partial charge in [-0.15, -0.1) is 0 Å². The van der Waals surface area contributed by atoms with E-state index in [-0.39, 0.29) is 5.41 Å². The van der Waals surface area contributed by atoms with Crippen LogP contribution in [0.2, 0.25) is 0 Å². The summed E-state index contributed by atoms with van der Waals surface area (Å²) in [5.41, 5.74) is 4.54. The van der Waals surface area contributed by atoms with Crippen molar-refractivity contribution in [2.75, 3.05) is 19.7 Å². The van der Waals surface area contributed by atoms with Gasteiger partial charge in [-0.3, -0.25) is 0 Å². The highest BCUT2D eigenvalue weighted by molar-refractivity contribution is 5.56. The Kier molecular flexibility index (Phi) is 3.01. The first kappa shape index (κ1) is 12.9. The Morgan fingerprint density at radius 2 is 2.05 bits per heavy atom. The van der Waals surface area contributed by atoms with Gasteiger partial charge in [-0.1, -0.05) is 30.3 Å². The quantitative estimate of drug-likeness (QED) is 0.870. The number of rotatable bonds is 1. The molecule has 1 N–H and O–H groups in total. The zero-order chi connectivity index (χ0) is 14.3. The van der Waals surface area contributed by atoms with E-state index in [0.717, 1.165) is 43.2 Å². The van der Waals surface area contributed by atoms with Crippen LogP contribution in [0.4, 0.5) is 0 Å². The van der Waals surface area contributed by atoms with Gasteiger partial charge in [0.2, 0.25) is 0 Å². The van der Waals surface area contributed by atoms with Crippen LogP contribution >= 0.6 is 0 Å². The van der Waals surface area contributed by atoms with Crippen molar-refractivity contribution in [3.8, 4) is 11.4 Å². The summed E-state index contributed by atoms with van der Waals surface area (Å²) in [6.07, 6.45) is 1.09. The van der Waals surface area contributed by atoms with Crippen LogP contribution in [0, 0.1) is 6.92 Å². The summed E-state index contributed by atoms with van der Waals surface area (Å²) in [5.74, 6) is 0.833. The third-order valence-electron chi connectivity index (χ3n) is 4.62. The lowest BCUT2D eigenvalue weighted by molar-refractivity contribution is 0.0546. The topological polar surface area (TPSA) is 47.0 Å². The van der Waals surface area contributed by atoms with Crippen molar-refractivity contribution in [1.29, 1.82) is 0 Å². The lowest BCUT2D eigenvalue weighted by Gasteiger charge is -2.34. The molecule has 0 radical (unpaired) electrons. The number of fused-ring (bicyclic) bond motifs is 2. The summed E-state index contributed by atoms with van der Waals surface area (Å²) in [4.78, 5) is 9.65. The largest absolute Gasteiger partial charge is 0.376 e. The first-order valence-corrected chi connectivity index (χ1v) is 7.50. The highest BCUT2D eigenvalue weighted by Gasteiger charge is 2.42. The van der Waals surface area contributed by atoms with Gasteiger partial charge in [-0.2, -0.15) is 0 Å². The Hall–Kier alpha value is -1.78. The molecule has 3 heterocycles. The van der Waals surface area contributed by atoms with E-state index in [1.807, 2.05) is 18.2 Å². The van der Waals surface area contributed by atoms with Crippen molar-refractivity contribution in [1.82, 2.24) is 15.3 Å². The van der Waals surface area contributed by atoms with Gasteiger partial charge in [-0.25, -0.2) is 9.97 Å². The van der Waals surface area contributed by atoms with E-state index in [4.69, 9.17) is 14.7 Å². The molecule has 21 heavy (non-hydrogen) atoms. The third-order valence-corrected chi connectivity index (χ3v) is 4.62.